The van der Waals surface area contributed by atoms with Crippen LogP contribution in [0.2, 0.25) is 0 Å². The van der Waals surface area contributed by atoms with Gasteiger partial charge in [-0.05, 0) is 46.0 Å². The summed E-state index contributed by atoms with van der Waals surface area (Å²) in [5.41, 5.74) is 0.703. The Bertz CT molecular complexity index is 699. The Kier molecular flexibility index (Phi) is 16.7. The molecular formula is C26H43KO9. The Morgan fingerprint density at radius 1 is 1.06 bits per heavy atom. The molecule has 2 heterocycles. The van der Waals surface area contributed by atoms with E-state index in [1.165, 1.54) is 6.08 Å². The molecule has 2 aliphatic rings. The van der Waals surface area contributed by atoms with Crippen LogP contribution < -0.4 is 56.5 Å². The number of aliphatic hydroxyl groups is 3. The molecular weight excluding hydrogens is 495 g/mol. The summed E-state index contributed by atoms with van der Waals surface area (Å²) in [6.07, 6.45) is 4.29. The van der Waals surface area contributed by atoms with Crippen molar-refractivity contribution < 1.29 is 95.6 Å². The average Bonchev–Trinajstić information content (AvgIpc) is 3.55. The van der Waals surface area contributed by atoms with Crippen molar-refractivity contribution in [1.82, 2.24) is 0 Å². The van der Waals surface area contributed by atoms with E-state index in [1.54, 1.807) is 13.8 Å². The van der Waals surface area contributed by atoms with Gasteiger partial charge in [0.05, 0.1) is 43.7 Å². The number of carboxylic acids is 1. The molecule has 10 heteroatoms. The van der Waals surface area contributed by atoms with Crippen molar-refractivity contribution in [1.29, 1.82) is 0 Å². The van der Waals surface area contributed by atoms with Gasteiger partial charge >= 0.3 is 57.4 Å². The predicted octanol–water partition coefficient (Wildman–Crippen LogP) is -1.74. The van der Waals surface area contributed by atoms with Crippen LogP contribution in [-0.4, -0.2) is 77.1 Å². The molecule has 2 rings (SSSR count). The molecule has 0 amide bonds. The minimum atomic E-state index is -1.06. The van der Waals surface area contributed by atoms with Crippen molar-refractivity contribution in [2.24, 2.45) is 11.8 Å². The predicted molar refractivity (Wildman–Crippen MR) is 126 cm³/mol. The summed E-state index contributed by atoms with van der Waals surface area (Å²) in [5.74, 6) is -1.68. The van der Waals surface area contributed by atoms with Crippen LogP contribution in [0.4, 0.5) is 0 Å². The van der Waals surface area contributed by atoms with Crippen molar-refractivity contribution in [3.05, 3.63) is 11.6 Å². The first-order valence-electron chi connectivity index (χ1n) is 12.9. The molecule has 0 aromatic carbocycles. The maximum Gasteiger partial charge on any atom is 1.00 e. The number of epoxide rings is 1. The van der Waals surface area contributed by atoms with Gasteiger partial charge in [0.15, 0.2) is 0 Å². The fraction of sp³-hybridized carbons (Fsp3) is 0.846. The molecule has 0 unspecified atom stereocenters. The number of esters is 1. The topological polar surface area (TPSA) is 149 Å². The SMILES string of the molecule is C/C(=C\C(=O)OCCCCCCCCC(=O)[O-])C[C@@H]1OC[C@H](C[C@H]2O[C@H]2[C@@H](C)[C@H](C)O)[C@@H](O)[C@H]1O.[K+]. The Morgan fingerprint density at radius 3 is 2.33 bits per heavy atom. The Hall–Kier alpha value is 0.116. The van der Waals surface area contributed by atoms with Gasteiger partial charge in [0.2, 0.25) is 0 Å². The van der Waals surface area contributed by atoms with Crippen molar-refractivity contribution in [2.75, 3.05) is 13.2 Å². The molecule has 3 N–H and O–H groups in total. The largest absolute Gasteiger partial charge is 1.00 e. The monoisotopic (exact) mass is 538 g/mol. The Labute approximate surface area is 257 Å². The third kappa shape index (κ3) is 12.3. The average molecular weight is 539 g/mol. The molecule has 2 fully saturated rings. The van der Waals surface area contributed by atoms with Crippen LogP contribution in [0.3, 0.4) is 0 Å². The van der Waals surface area contributed by atoms with E-state index < -0.39 is 36.4 Å². The minimum Gasteiger partial charge on any atom is -0.550 e. The third-order valence-corrected chi connectivity index (χ3v) is 7.08. The van der Waals surface area contributed by atoms with Gasteiger partial charge in [0.1, 0.15) is 6.10 Å². The van der Waals surface area contributed by atoms with E-state index in [-0.39, 0.29) is 81.8 Å². The molecule has 0 aromatic rings. The van der Waals surface area contributed by atoms with Crippen LogP contribution in [0.15, 0.2) is 11.6 Å². The van der Waals surface area contributed by atoms with Crippen molar-refractivity contribution >= 4 is 11.9 Å². The van der Waals surface area contributed by atoms with Crippen molar-refractivity contribution in [3.63, 3.8) is 0 Å². The molecule has 2 aliphatic heterocycles. The number of rotatable bonds is 16. The second-order valence-corrected chi connectivity index (χ2v) is 10.2. The number of hydrogen-bond donors (Lipinski definition) is 3. The maximum atomic E-state index is 12.0. The summed E-state index contributed by atoms with van der Waals surface area (Å²) in [7, 11) is 0. The number of carboxylic acid groups (broad SMARTS) is 1. The van der Waals surface area contributed by atoms with E-state index in [2.05, 4.69) is 0 Å². The van der Waals surface area contributed by atoms with E-state index in [1.807, 2.05) is 6.92 Å². The summed E-state index contributed by atoms with van der Waals surface area (Å²) in [5, 5.41) is 41.2. The quantitative estimate of drug-likeness (QED) is 0.0685. The Morgan fingerprint density at radius 2 is 1.69 bits per heavy atom. The molecule has 0 spiro atoms. The minimum absolute atomic E-state index is 0. The number of aliphatic carboxylic acids is 1. The van der Waals surface area contributed by atoms with E-state index >= 15 is 0 Å². The number of carbonyl (C=O) groups excluding carboxylic acids is 2. The summed E-state index contributed by atoms with van der Waals surface area (Å²) in [6.45, 7) is 6.05. The molecule has 0 saturated carbocycles. The molecule has 2 saturated heterocycles. The molecule has 202 valence electrons. The number of ether oxygens (including phenoxy) is 3. The smallest absolute Gasteiger partial charge is 0.550 e. The molecule has 0 bridgehead atoms. The van der Waals surface area contributed by atoms with E-state index in [9.17, 15) is 30.0 Å². The Balaban J connectivity index is 0.00000648. The first-order chi connectivity index (χ1) is 16.6. The molecule has 0 aromatic heterocycles. The molecule has 8 atom stereocenters. The first kappa shape index (κ1) is 34.1. The van der Waals surface area contributed by atoms with Gasteiger partial charge in [0.25, 0.3) is 0 Å². The van der Waals surface area contributed by atoms with Crippen LogP contribution in [0.1, 0.15) is 78.6 Å². The third-order valence-electron chi connectivity index (χ3n) is 7.08. The van der Waals surface area contributed by atoms with Gasteiger partial charge in [-0.2, -0.15) is 0 Å². The van der Waals surface area contributed by atoms with Crippen molar-refractivity contribution in [3.8, 4) is 0 Å². The van der Waals surface area contributed by atoms with Crippen LogP contribution >= 0.6 is 0 Å². The zero-order chi connectivity index (χ0) is 26.0. The first-order valence-corrected chi connectivity index (χ1v) is 12.9. The van der Waals surface area contributed by atoms with Gasteiger partial charge in [-0.15, -0.1) is 0 Å². The summed E-state index contributed by atoms with van der Waals surface area (Å²) in [6, 6.07) is 0. The second-order valence-electron chi connectivity index (χ2n) is 10.2. The number of hydrogen-bond acceptors (Lipinski definition) is 9. The zero-order valence-electron chi connectivity index (χ0n) is 22.3. The summed E-state index contributed by atoms with van der Waals surface area (Å²) < 4.78 is 16.7. The van der Waals surface area contributed by atoms with Crippen LogP contribution in [-0.2, 0) is 23.8 Å². The van der Waals surface area contributed by atoms with Gasteiger partial charge in [-0.1, -0.05) is 38.2 Å². The van der Waals surface area contributed by atoms with Crippen LogP contribution in [0, 0.1) is 11.8 Å². The number of unbranched alkanes of at least 4 members (excludes halogenated alkanes) is 5. The fourth-order valence-corrected chi connectivity index (χ4v) is 4.58. The van der Waals surface area contributed by atoms with E-state index in [4.69, 9.17) is 14.2 Å². The van der Waals surface area contributed by atoms with Gasteiger partial charge < -0.3 is 39.4 Å². The van der Waals surface area contributed by atoms with Gasteiger partial charge in [-0.3, -0.25) is 0 Å². The number of carbonyl (C=O) groups is 2. The number of aliphatic hydroxyl groups excluding tert-OH is 3. The summed E-state index contributed by atoms with van der Waals surface area (Å²) >= 11 is 0. The van der Waals surface area contributed by atoms with Crippen molar-refractivity contribution in [2.45, 2.75) is 115 Å². The normalized spacial score (nSPS) is 29.7. The second kappa shape index (κ2) is 17.7. The molecule has 9 nitrogen and oxygen atoms in total. The van der Waals surface area contributed by atoms with Gasteiger partial charge in [-0.25, -0.2) is 4.79 Å². The molecule has 0 aliphatic carbocycles. The standard InChI is InChI=1S/C26H44O9.K/c1-16(13-23(30)33-11-9-7-5-4-6-8-10-22(28)29)12-20-25(32)24(31)19(15-34-20)14-21-26(35-21)17(2)18(3)27;/h13,17-21,24-27,31-32H,4-12,14-15H2,1-3H3,(H,28,29);/q;+1/p-1/b16-13+;/t17-,18-,19-,20-,21+,24+,25-,26-;/m0./s1. The van der Waals surface area contributed by atoms with Crippen LogP contribution in [0.25, 0.3) is 0 Å². The van der Waals surface area contributed by atoms with E-state index in [0.29, 0.717) is 38.0 Å². The molecule has 36 heavy (non-hydrogen) atoms. The zero-order valence-corrected chi connectivity index (χ0v) is 25.4. The summed E-state index contributed by atoms with van der Waals surface area (Å²) in [4.78, 5) is 22.4. The van der Waals surface area contributed by atoms with Gasteiger partial charge in [0, 0.05) is 23.9 Å². The van der Waals surface area contributed by atoms with E-state index in [0.717, 1.165) is 32.1 Å². The maximum absolute atomic E-state index is 12.0. The fourth-order valence-electron chi connectivity index (χ4n) is 4.58. The molecule has 0 radical (unpaired) electrons. The van der Waals surface area contributed by atoms with Crippen LogP contribution in [0.5, 0.6) is 0 Å².